The molecule has 0 unspecified atom stereocenters. The van der Waals surface area contributed by atoms with Crippen LogP contribution in [-0.4, -0.2) is 12.5 Å². The van der Waals surface area contributed by atoms with E-state index < -0.39 is 0 Å². The van der Waals surface area contributed by atoms with Crippen LogP contribution in [0.25, 0.3) is 11.1 Å². The van der Waals surface area contributed by atoms with Gasteiger partial charge < -0.3 is 11.1 Å². The number of rotatable bonds is 5. The van der Waals surface area contributed by atoms with Gasteiger partial charge in [-0.05, 0) is 28.8 Å². The molecule has 0 radical (unpaired) electrons. The monoisotopic (exact) mass is 258 g/mol. The van der Waals surface area contributed by atoms with Gasteiger partial charge >= 0.3 is 0 Å². The molecule has 2 rings (SSSR count). The fourth-order valence-electron chi connectivity index (χ4n) is 1.79. The average molecular weight is 258 g/mol. The molecule has 0 aliphatic heterocycles. The Kier molecular flexibility index (Phi) is 4.26. The van der Waals surface area contributed by atoms with Gasteiger partial charge in [0.25, 0.3) is 0 Å². The molecule has 0 fully saturated rings. The Labute approximate surface area is 111 Å². The molecule has 1 amide bonds. The zero-order valence-corrected chi connectivity index (χ0v) is 10.4. The van der Waals surface area contributed by atoms with Crippen molar-refractivity contribution < 1.29 is 9.18 Å². The molecule has 0 saturated heterocycles. The summed E-state index contributed by atoms with van der Waals surface area (Å²) < 4.78 is 12.8. The van der Waals surface area contributed by atoms with E-state index in [2.05, 4.69) is 5.32 Å². The van der Waals surface area contributed by atoms with Gasteiger partial charge in [-0.25, -0.2) is 4.39 Å². The maximum absolute atomic E-state index is 12.8. The van der Waals surface area contributed by atoms with Gasteiger partial charge in [-0.2, -0.15) is 0 Å². The molecule has 3 N–H and O–H groups in total. The van der Waals surface area contributed by atoms with Crippen molar-refractivity contribution >= 4 is 5.91 Å². The highest BCUT2D eigenvalue weighted by Gasteiger charge is 1.99. The van der Waals surface area contributed by atoms with Crippen molar-refractivity contribution in [1.82, 2.24) is 5.32 Å². The Balaban J connectivity index is 2.02. The van der Waals surface area contributed by atoms with Crippen LogP contribution in [0, 0.1) is 5.82 Å². The van der Waals surface area contributed by atoms with E-state index in [-0.39, 0.29) is 18.3 Å². The second-order valence-electron chi connectivity index (χ2n) is 4.27. The average Bonchev–Trinajstić information content (AvgIpc) is 2.40. The van der Waals surface area contributed by atoms with Crippen LogP contribution in [0.15, 0.2) is 48.5 Å². The number of nitrogens with two attached hydrogens (primary N) is 1. The molecule has 0 atom stereocenters. The highest BCUT2D eigenvalue weighted by atomic mass is 19.1. The van der Waals surface area contributed by atoms with Crippen molar-refractivity contribution in [2.75, 3.05) is 6.54 Å². The first-order chi connectivity index (χ1) is 9.15. The number of carbonyl (C=O) groups excluding carboxylic acids is 1. The lowest BCUT2D eigenvalue weighted by molar-refractivity contribution is -0.117. The fourth-order valence-corrected chi connectivity index (χ4v) is 1.79. The van der Waals surface area contributed by atoms with Crippen molar-refractivity contribution in [3.63, 3.8) is 0 Å². The summed E-state index contributed by atoms with van der Waals surface area (Å²) in [4.78, 5) is 10.6. The third-order valence-corrected chi connectivity index (χ3v) is 2.76. The second-order valence-corrected chi connectivity index (χ2v) is 4.27. The third-order valence-electron chi connectivity index (χ3n) is 2.76. The van der Waals surface area contributed by atoms with Gasteiger partial charge in [0.1, 0.15) is 5.82 Å². The first kappa shape index (κ1) is 13.2. The van der Waals surface area contributed by atoms with Crippen LogP contribution in [0.5, 0.6) is 0 Å². The summed E-state index contributed by atoms with van der Waals surface area (Å²) in [7, 11) is 0. The lowest BCUT2D eigenvalue weighted by atomic mass is 10.0. The van der Waals surface area contributed by atoms with Gasteiger partial charge in [-0.15, -0.1) is 0 Å². The Morgan fingerprint density at radius 2 is 1.53 bits per heavy atom. The number of hydrogen-bond donors (Lipinski definition) is 2. The van der Waals surface area contributed by atoms with E-state index in [0.717, 1.165) is 16.7 Å². The normalized spacial score (nSPS) is 10.4. The maximum atomic E-state index is 12.8. The molecular weight excluding hydrogens is 243 g/mol. The van der Waals surface area contributed by atoms with E-state index in [4.69, 9.17) is 5.73 Å². The van der Waals surface area contributed by atoms with Crippen LogP contribution in [0.3, 0.4) is 0 Å². The Hall–Kier alpha value is -2.20. The van der Waals surface area contributed by atoms with Crippen molar-refractivity contribution in [3.05, 3.63) is 59.9 Å². The number of nitrogens with one attached hydrogen (secondary N) is 1. The molecule has 2 aromatic rings. The molecule has 0 aromatic heterocycles. The molecule has 98 valence electrons. The van der Waals surface area contributed by atoms with E-state index in [1.807, 2.05) is 24.3 Å². The van der Waals surface area contributed by atoms with Crippen LogP contribution in [0.2, 0.25) is 0 Å². The number of amides is 1. The van der Waals surface area contributed by atoms with E-state index in [9.17, 15) is 9.18 Å². The molecule has 4 heteroatoms. The van der Waals surface area contributed by atoms with Gasteiger partial charge in [0.2, 0.25) is 5.91 Å². The predicted octanol–water partition coefficient (Wildman–Crippen LogP) is 2.07. The van der Waals surface area contributed by atoms with Crippen LogP contribution in [0.4, 0.5) is 4.39 Å². The molecule has 0 bridgehead atoms. The van der Waals surface area contributed by atoms with Crippen LogP contribution in [0.1, 0.15) is 5.56 Å². The summed E-state index contributed by atoms with van der Waals surface area (Å²) in [6, 6.07) is 14.2. The van der Waals surface area contributed by atoms with Crippen LogP contribution >= 0.6 is 0 Å². The molecule has 0 heterocycles. The Bertz CT molecular complexity index is 549. The minimum Gasteiger partial charge on any atom is -0.369 e. The summed E-state index contributed by atoms with van der Waals surface area (Å²) in [5.41, 5.74) is 8.10. The lowest BCUT2D eigenvalue weighted by Gasteiger charge is -2.05. The smallest absolute Gasteiger partial charge is 0.231 e. The first-order valence-corrected chi connectivity index (χ1v) is 5.99. The molecule has 0 saturated carbocycles. The van der Waals surface area contributed by atoms with Gasteiger partial charge in [0.15, 0.2) is 0 Å². The van der Waals surface area contributed by atoms with E-state index >= 15 is 0 Å². The van der Waals surface area contributed by atoms with E-state index in [1.54, 1.807) is 12.1 Å². The maximum Gasteiger partial charge on any atom is 0.231 e. The fraction of sp³-hybridized carbons (Fsp3) is 0.133. The zero-order valence-electron chi connectivity index (χ0n) is 10.4. The Morgan fingerprint density at radius 3 is 2.05 bits per heavy atom. The van der Waals surface area contributed by atoms with Gasteiger partial charge in [0.05, 0.1) is 6.54 Å². The zero-order chi connectivity index (χ0) is 13.7. The topological polar surface area (TPSA) is 55.1 Å². The standard InChI is InChI=1S/C15H15FN2O/c16-14-7-5-13(6-8-14)12-3-1-11(2-4-12)9-18-10-15(17)19/h1-8,18H,9-10H2,(H2,17,19). The highest BCUT2D eigenvalue weighted by Crippen LogP contribution is 2.19. The summed E-state index contributed by atoms with van der Waals surface area (Å²) >= 11 is 0. The van der Waals surface area contributed by atoms with Gasteiger partial charge in [-0.1, -0.05) is 36.4 Å². The largest absolute Gasteiger partial charge is 0.369 e. The minimum absolute atomic E-state index is 0.166. The van der Waals surface area contributed by atoms with E-state index in [1.165, 1.54) is 12.1 Å². The second kappa shape index (κ2) is 6.11. The molecule has 2 aromatic carbocycles. The number of primary amides is 1. The number of halogens is 1. The molecule has 0 aliphatic carbocycles. The third kappa shape index (κ3) is 3.89. The number of hydrogen-bond acceptors (Lipinski definition) is 2. The van der Waals surface area contributed by atoms with Gasteiger partial charge in [0, 0.05) is 6.54 Å². The summed E-state index contributed by atoms with van der Waals surface area (Å²) in [5.74, 6) is -0.612. The van der Waals surface area contributed by atoms with Crippen molar-refractivity contribution in [3.8, 4) is 11.1 Å². The number of benzene rings is 2. The molecule has 19 heavy (non-hydrogen) atoms. The highest BCUT2D eigenvalue weighted by molar-refractivity contribution is 5.75. The summed E-state index contributed by atoms with van der Waals surface area (Å²) in [6.07, 6.45) is 0. The number of carbonyl (C=O) groups is 1. The molecule has 3 nitrogen and oxygen atoms in total. The van der Waals surface area contributed by atoms with Gasteiger partial charge in [-0.3, -0.25) is 4.79 Å². The first-order valence-electron chi connectivity index (χ1n) is 5.99. The summed E-state index contributed by atoms with van der Waals surface area (Å²) in [5, 5.41) is 2.94. The van der Waals surface area contributed by atoms with Crippen LogP contribution in [-0.2, 0) is 11.3 Å². The molecule has 0 aliphatic rings. The van der Waals surface area contributed by atoms with E-state index in [0.29, 0.717) is 6.54 Å². The molecular formula is C15H15FN2O. The quantitative estimate of drug-likeness (QED) is 0.862. The summed E-state index contributed by atoms with van der Waals surface area (Å²) in [6.45, 7) is 0.756. The predicted molar refractivity (Wildman–Crippen MR) is 72.7 cm³/mol. The Morgan fingerprint density at radius 1 is 1.00 bits per heavy atom. The minimum atomic E-state index is -0.372. The molecule has 0 spiro atoms. The van der Waals surface area contributed by atoms with Crippen molar-refractivity contribution in [1.29, 1.82) is 0 Å². The van der Waals surface area contributed by atoms with Crippen LogP contribution < -0.4 is 11.1 Å². The SMILES string of the molecule is NC(=O)CNCc1ccc(-c2ccc(F)cc2)cc1. The van der Waals surface area contributed by atoms with Crippen molar-refractivity contribution in [2.24, 2.45) is 5.73 Å². The lowest BCUT2D eigenvalue weighted by Crippen LogP contribution is -2.28. The van der Waals surface area contributed by atoms with Crippen molar-refractivity contribution in [2.45, 2.75) is 6.54 Å².